The number of nitrogens with two attached hydrogens (primary N) is 1. The molecule has 2 unspecified atom stereocenters. The standard InChI is InChI=1S/C9H15N3O2/c1-6-2-3-7(12-11-6)9(14)8(13)4-5-10/h2-3,8-9,13-14H,4-5,10H2,1H3. The van der Waals surface area contributed by atoms with Crippen molar-refractivity contribution < 1.29 is 10.2 Å². The quantitative estimate of drug-likeness (QED) is 0.606. The molecule has 4 N–H and O–H groups in total. The second kappa shape index (κ2) is 4.99. The Morgan fingerprint density at radius 1 is 1.36 bits per heavy atom. The molecule has 0 aliphatic heterocycles. The lowest BCUT2D eigenvalue weighted by Gasteiger charge is -2.15. The van der Waals surface area contributed by atoms with Crippen LogP contribution in [-0.2, 0) is 0 Å². The van der Waals surface area contributed by atoms with Gasteiger partial charge in [-0.15, -0.1) is 0 Å². The number of nitrogens with zero attached hydrogens (tertiary/aromatic N) is 2. The minimum Gasteiger partial charge on any atom is -0.390 e. The molecule has 14 heavy (non-hydrogen) atoms. The highest BCUT2D eigenvalue weighted by Gasteiger charge is 2.18. The summed E-state index contributed by atoms with van der Waals surface area (Å²) in [5.74, 6) is 0. The van der Waals surface area contributed by atoms with E-state index in [1.807, 2.05) is 0 Å². The maximum atomic E-state index is 9.60. The summed E-state index contributed by atoms with van der Waals surface area (Å²) in [6.45, 7) is 2.14. The Morgan fingerprint density at radius 3 is 2.57 bits per heavy atom. The van der Waals surface area contributed by atoms with Gasteiger partial charge in [0.1, 0.15) is 6.10 Å². The normalized spacial score (nSPS) is 15.1. The van der Waals surface area contributed by atoms with E-state index in [1.54, 1.807) is 19.1 Å². The van der Waals surface area contributed by atoms with Gasteiger partial charge in [0.2, 0.25) is 0 Å². The number of aromatic nitrogens is 2. The highest BCUT2D eigenvalue weighted by atomic mass is 16.3. The zero-order chi connectivity index (χ0) is 10.6. The maximum Gasteiger partial charge on any atom is 0.124 e. The van der Waals surface area contributed by atoms with E-state index in [0.717, 1.165) is 5.69 Å². The summed E-state index contributed by atoms with van der Waals surface area (Å²) in [6, 6.07) is 3.38. The number of aryl methyl sites for hydroxylation is 1. The van der Waals surface area contributed by atoms with Crippen LogP contribution in [-0.4, -0.2) is 33.1 Å². The van der Waals surface area contributed by atoms with Crippen LogP contribution in [0.25, 0.3) is 0 Å². The Bertz CT molecular complexity index is 276. The van der Waals surface area contributed by atoms with E-state index < -0.39 is 12.2 Å². The number of hydrogen-bond donors (Lipinski definition) is 3. The fourth-order valence-corrected chi connectivity index (χ4v) is 1.09. The molecule has 0 bridgehead atoms. The highest BCUT2D eigenvalue weighted by molar-refractivity contribution is 5.08. The molecule has 0 amide bonds. The Morgan fingerprint density at radius 2 is 2.07 bits per heavy atom. The number of rotatable bonds is 4. The zero-order valence-electron chi connectivity index (χ0n) is 8.09. The van der Waals surface area contributed by atoms with Crippen molar-refractivity contribution in [2.45, 2.75) is 25.6 Å². The first kappa shape index (κ1) is 11.0. The van der Waals surface area contributed by atoms with E-state index in [0.29, 0.717) is 18.7 Å². The van der Waals surface area contributed by atoms with E-state index in [2.05, 4.69) is 10.2 Å². The summed E-state index contributed by atoms with van der Waals surface area (Å²) in [5.41, 5.74) is 6.41. The lowest BCUT2D eigenvalue weighted by molar-refractivity contribution is 0.0119. The van der Waals surface area contributed by atoms with E-state index in [1.165, 1.54) is 0 Å². The number of hydrogen-bond acceptors (Lipinski definition) is 5. The van der Waals surface area contributed by atoms with E-state index >= 15 is 0 Å². The van der Waals surface area contributed by atoms with Crippen molar-refractivity contribution in [1.29, 1.82) is 0 Å². The average molecular weight is 197 g/mol. The summed E-state index contributed by atoms with van der Waals surface area (Å²) < 4.78 is 0. The molecule has 1 aromatic heterocycles. The van der Waals surface area contributed by atoms with Gasteiger partial charge in [0.25, 0.3) is 0 Å². The van der Waals surface area contributed by atoms with Crippen LogP contribution in [0, 0.1) is 6.92 Å². The van der Waals surface area contributed by atoms with Crippen molar-refractivity contribution in [3.8, 4) is 0 Å². The first-order valence-corrected chi connectivity index (χ1v) is 4.51. The van der Waals surface area contributed by atoms with Gasteiger partial charge >= 0.3 is 0 Å². The van der Waals surface area contributed by atoms with Gasteiger partial charge in [-0.1, -0.05) is 0 Å². The van der Waals surface area contributed by atoms with Crippen molar-refractivity contribution in [2.75, 3.05) is 6.54 Å². The maximum absolute atomic E-state index is 9.60. The lowest BCUT2D eigenvalue weighted by Crippen LogP contribution is -2.22. The fourth-order valence-electron chi connectivity index (χ4n) is 1.09. The third-order valence-electron chi connectivity index (χ3n) is 1.95. The SMILES string of the molecule is Cc1ccc(C(O)C(O)CCN)nn1. The van der Waals surface area contributed by atoms with Crippen LogP contribution in [0.1, 0.15) is 23.9 Å². The van der Waals surface area contributed by atoms with Gasteiger partial charge in [-0.2, -0.15) is 10.2 Å². The summed E-state index contributed by atoms with van der Waals surface area (Å²) in [4.78, 5) is 0. The molecular weight excluding hydrogens is 182 g/mol. The minimum absolute atomic E-state index is 0.331. The summed E-state index contributed by atoms with van der Waals surface area (Å²) in [7, 11) is 0. The van der Waals surface area contributed by atoms with Gasteiger partial charge in [-0.3, -0.25) is 0 Å². The third-order valence-corrected chi connectivity index (χ3v) is 1.95. The molecule has 0 aromatic carbocycles. The summed E-state index contributed by atoms with van der Waals surface area (Å²) in [6.07, 6.45) is -1.54. The lowest BCUT2D eigenvalue weighted by atomic mass is 10.1. The minimum atomic E-state index is -1.01. The second-order valence-corrected chi connectivity index (χ2v) is 3.19. The predicted octanol–water partition coefficient (Wildman–Crippen LogP) is -0.472. The topological polar surface area (TPSA) is 92.3 Å². The van der Waals surface area contributed by atoms with Crippen molar-refractivity contribution >= 4 is 0 Å². The fraction of sp³-hybridized carbons (Fsp3) is 0.556. The van der Waals surface area contributed by atoms with Gasteiger partial charge < -0.3 is 15.9 Å². The van der Waals surface area contributed by atoms with Gasteiger partial charge in [0, 0.05) is 0 Å². The Hall–Kier alpha value is -1.04. The summed E-state index contributed by atoms with van der Waals surface area (Å²) >= 11 is 0. The summed E-state index contributed by atoms with van der Waals surface area (Å²) in [5, 5.41) is 26.6. The highest BCUT2D eigenvalue weighted by Crippen LogP contribution is 2.15. The van der Waals surface area contributed by atoms with Crippen LogP contribution in [0.15, 0.2) is 12.1 Å². The number of aliphatic hydroxyl groups is 2. The molecule has 5 heteroatoms. The van der Waals surface area contributed by atoms with Gasteiger partial charge in [0.15, 0.2) is 0 Å². The van der Waals surface area contributed by atoms with Gasteiger partial charge in [-0.25, -0.2) is 0 Å². The third kappa shape index (κ3) is 2.73. The molecule has 0 spiro atoms. The molecule has 0 saturated heterocycles. The molecule has 1 aromatic rings. The van der Waals surface area contributed by atoms with E-state index in [-0.39, 0.29) is 0 Å². The van der Waals surface area contributed by atoms with Crippen molar-refractivity contribution in [2.24, 2.45) is 5.73 Å². The largest absolute Gasteiger partial charge is 0.390 e. The molecule has 0 aliphatic rings. The van der Waals surface area contributed by atoms with E-state index in [4.69, 9.17) is 5.73 Å². The average Bonchev–Trinajstić information content (AvgIpc) is 2.18. The van der Waals surface area contributed by atoms with Crippen LogP contribution in [0.2, 0.25) is 0 Å². The predicted molar refractivity (Wildman–Crippen MR) is 51.4 cm³/mol. The Labute approximate surface area is 82.6 Å². The van der Waals surface area contributed by atoms with E-state index in [9.17, 15) is 10.2 Å². The molecule has 0 saturated carbocycles. The molecule has 0 fully saturated rings. The van der Waals surface area contributed by atoms with Gasteiger partial charge in [-0.05, 0) is 32.0 Å². The van der Waals surface area contributed by atoms with Crippen LogP contribution in [0.3, 0.4) is 0 Å². The molecule has 78 valence electrons. The molecule has 1 rings (SSSR count). The van der Waals surface area contributed by atoms with Crippen molar-refractivity contribution in [3.05, 3.63) is 23.5 Å². The monoisotopic (exact) mass is 197 g/mol. The molecule has 1 heterocycles. The van der Waals surface area contributed by atoms with Crippen LogP contribution in [0.5, 0.6) is 0 Å². The molecule has 0 aliphatic carbocycles. The Kier molecular flexibility index (Phi) is 3.94. The number of aliphatic hydroxyl groups excluding tert-OH is 2. The first-order chi connectivity index (χ1) is 6.65. The van der Waals surface area contributed by atoms with Crippen molar-refractivity contribution in [1.82, 2.24) is 10.2 Å². The first-order valence-electron chi connectivity index (χ1n) is 4.51. The van der Waals surface area contributed by atoms with Crippen molar-refractivity contribution in [3.63, 3.8) is 0 Å². The molecular formula is C9H15N3O2. The molecule has 0 radical (unpaired) electrons. The zero-order valence-corrected chi connectivity index (χ0v) is 8.09. The van der Waals surface area contributed by atoms with Crippen LogP contribution < -0.4 is 5.73 Å². The van der Waals surface area contributed by atoms with Gasteiger partial charge in [0.05, 0.1) is 17.5 Å². The molecule has 5 nitrogen and oxygen atoms in total. The second-order valence-electron chi connectivity index (χ2n) is 3.19. The van der Waals surface area contributed by atoms with Crippen LogP contribution >= 0.6 is 0 Å². The van der Waals surface area contributed by atoms with Crippen LogP contribution in [0.4, 0.5) is 0 Å². The molecule has 2 atom stereocenters. The Balaban J connectivity index is 2.68. The smallest absolute Gasteiger partial charge is 0.124 e.